The minimum Gasteiger partial charge on any atom is -0.449 e. The van der Waals surface area contributed by atoms with Crippen LogP contribution in [0.1, 0.15) is 37.3 Å². The second kappa shape index (κ2) is 7.87. The molecule has 3 N–H and O–H groups in total. The van der Waals surface area contributed by atoms with E-state index < -0.39 is 6.09 Å². The number of nitrogens with two attached hydrogens (primary N) is 1. The second-order valence-corrected chi connectivity index (χ2v) is 7.21. The molecule has 136 valence electrons. The van der Waals surface area contributed by atoms with E-state index in [-0.39, 0.29) is 29.5 Å². The normalized spacial score (nSPS) is 14.8. The lowest BCUT2D eigenvalue weighted by atomic mass is 9.98. The Bertz CT molecular complexity index is 776. The Labute approximate surface area is 159 Å². The first kappa shape index (κ1) is 18.4. The summed E-state index contributed by atoms with van der Waals surface area (Å²) < 4.78 is 5.55. The van der Waals surface area contributed by atoms with Crippen LogP contribution < -0.4 is 11.1 Å². The molecule has 1 amide bonds. The van der Waals surface area contributed by atoms with Crippen LogP contribution in [-0.2, 0) is 4.74 Å². The van der Waals surface area contributed by atoms with E-state index in [4.69, 9.17) is 22.7 Å². The van der Waals surface area contributed by atoms with Crippen molar-refractivity contribution in [3.05, 3.63) is 59.7 Å². The number of ether oxygens (including phenoxy) is 1. The quantitative estimate of drug-likeness (QED) is 0.749. The van der Waals surface area contributed by atoms with Gasteiger partial charge in [-0.2, -0.15) is 0 Å². The lowest BCUT2D eigenvalue weighted by Crippen LogP contribution is -2.47. The van der Waals surface area contributed by atoms with Crippen molar-refractivity contribution in [2.45, 2.75) is 32.2 Å². The monoisotopic (exact) mass is 368 g/mol. The van der Waals surface area contributed by atoms with E-state index in [1.54, 1.807) is 0 Å². The molecule has 0 unspecified atom stereocenters. The van der Waals surface area contributed by atoms with Gasteiger partial charge >= 0.3 is 6.09 Å². The molecule has 0 spiro atoms. The number of carbonyl (C=O) groups excluding carboxylic acids is 1. The van der Waals surface area contributed by atoms with Crippen molar-refractivity contribution in [2.75, 3.05) is 6.61 Å². The maximum atomic E-state index is 12.3. The highest BCUT2D eigenvalue weighted by Crippen LogP contribution is 2.44. The van der Waals surface area contributed by atoms with Crippen LogP contribution in [0.15, 0.2) is 48.5 Å². The maximum absolute atomic E-state index is 12.3. The molecule has 0 radical (unpaired) electrons. The fourth-order valence-corrected chi connectivity index (χ4v) is 3.79. The van der Waals surface area contributed by atoms with Gasteiger partial charge in [-0.15, -0.1) is 0 Å². The van der Waals surface area contributed by atoms with E-state index >= 15 is 0 Å². The van der Waals surface area contributed by atoms with Gasteiger partial charge in [-0.05, 0) is 28.2 Å². The summed E-state index contributed by atoms with van der Waals surface area (Å²) in [6.07, 6.45) is 0.385. The van der Waals surface area contributed by atoms with Gasteiger partial charge in [0.2, 0.25) is 0 Å². The minimum absolute atomic E-state index is 0.0417. The molecule has 5 heteroatoms. The lowest BCUT2D eigenvalue weighted by Gasteiger charge is -2.23. The largest absolute Gasteiger partial charge is 0.449 e. The molecule has 1 aliphatic rings. The SMILES string of the molecule is CC[C@H](C)[C@H](NC(=O)OCC1c2ccccc2-c2ccccc21)C(N)=S. The minimum atomic E-state index is -0.482. The summed E-state index contributed by atoms with van der Waals surface area (Å²) in [7, 11) is 0. The summed E-state index contributed by atoms with van der Waals surface area (Å²) >= 11 is 5.08. The smallest absolute Gasteiger partial charge is 0.407 e. The fraction of sp³-hybridized carbons (Fsp3) is 0.333. The van der Waals surface area contributed by atoms with E-state index in [1.165, 1.54) is 22.3 Å². The lowest BCUT2D eigenvalue weighted by molar-refractivity contribution is 0.139. The summed E-state index contributed by atoms with van der Waals surface area (Å²) in [5, 5.41) is 2.81. The maximum Gasteiger partial charge on any atom is 0.407 e. The van der Waals surface area contributed by atoms with Gasteiger partial charge in [0.15, 0.2) is 0 Å². The van der Waals surface area contributed by atoms with E-state index in [0.29, 0.717) is 0 Å². The Morgan fingerprint density at radius 2 is 1.69 bits per heavy atom. The molecule has 2 atom stereocenters. The van der Waals surface area contributed by atoms with Crippen LogP contribution in [0.5, 0.6) is 0 Å². The first-order chi connectivity index (χ1) is 12.5. The number of carbonyl (C=O) groups is 1. The van der Waals surface area contributed by atoms with Crippen LogP contribution in [0.4, 0.5) is 4.79 Å². The number of fused-ring (bicyclic) bond motifs is 3. The van der Waals surface area contributed by atoms with Gasteiger partial charge in [-0.3, -0.25) is 0 Å². The van der Waals surface area contributed by atoms with Gasteiger partial charge in [-0.1, -0.05) is 81.0 Å². The zero-order valence-corrected chi connectivity index (χ0v) is 15.9. The highest BCUT2D eigenvalue weighted by molar-refractivity contribution is 7.80. The van der Waals surface area contributed by atoms with Crippen LogP contribution in [0.25, 0.3) is 11.1 Å². The molecule has 4 nitrogen and oxygen atoms in total. The molecule has 26 heavy (non-hydrogen) atoms. The van der Waals surface area contributed by atoms with Crippen LogP contribution in [-0.4, -0.2) is 23.7 Å². The number of thiocarbonyl (C=S) groups is 1. The Balaban J connectivity index is 1.72. The first-order valence-electron chi connectivity index (χ1n) is 8.93. The Hall–Kier alpha value is -2.40. The number of nitrogens with one attached hydrogen (secondary N) is 1. The van der Waals surface area contributed by atoms with Gasteiger partial charge in [0.05, 0.1) is 11.0 Å². The Kier molecular flexibility index (Phi) is 5.57. The van der Waals surface area contributed by atoms with Crippen molar-refractivity contribution in [3.8, 4) is 11.1 Å². The molecule has 1 aliphatic carbocycles. The zero-order valence-electron chi connectivity index (χ0n) is 15.1. The van der Waals surface area contributed by atoms with Gasteiger partial charge < -0.3 is 15.8 Å². The average molecular weight is 369 g/mol. The summed E-state index contributed by atoms with van der Waals surface area (Å²) in [6, 6.07) is 16.2. The van der Waals surface area contributed by atoms with E-state index in [0.717, 1.165) is 6.42 Å². The van der Waals surface area contributed by atoms with E-state index in [9.17, 15) is 4.79 Å². The van der Waals surface area contributed by atoms with Gasteiger partial charge in [0.25, 0.3) is 0 Å². The molecule has 0 saturated heterocycles. The summed E-state index contributed by atoms with van der Waals surface area (Å²) in [5.74, 6) is 0.202. The molecule has 0 heterocycles. The molecule has 2 aromatic rings. The molecule has 0 aromatic heterocycles. The molecular formula is C21H24N2O2S. The van der Waals surface area contributed by atoms with Gasteiger partial charge in [0.1, 0.15) is 6.61 Å². The molecule has 0 saturated carbocycles. The third kappa shape index (κ3) is 3.58. The zero-order chi connectivity index (χ0) is 18.7. The van der Waals surface area contributed by atoms with Crippen molar-refractivity contribution >= 4 is 23.3 Å². The fourth-order valence-electron chi connectivity index (χ4n) is 3.50. The number of hydrogen-bond donors (Lipinski definition) is 2. The van der Waals surface area contributed by atoms with Gasteiger partial charge in [0, 0.05) is 5.92 Å². The molecule has 3 rings (SSSR count). The number of amides is 1. The summed E-state index contributed by atoms with van der Waals surface area (Å²) in [6.45, 7) is 4.33. The van der Waals surface area contributed by atoms with Crippen LogP contribution in [0.3, 0.4) is 0 Å². The molecule has 0 aliphatic heterocycles. The standard InChI is InChI=1S/C21H24N2O2S/c1-3-13(2)19(20(22)26)23-21(24)25-12-18-16-10-6-4-8-14(16)15-9-5-7-11-17(15)18/h4-11,13,18-19H,3,12H2,1-2H3,(H2,22,26)(H,23,24)/t13-,19-/m0/s1. The highest BCUT2D eigenvalue weighted by Gasteiger charge is 2.29. The molecule has 2 aromatic carbocycles. The Morgan fingerprint density at radius 1 is 1.15 bits per heavy atom. The first-order valence-corrected chi connectivity index (χ1v) is 9.34. The van der Waals surface area contributed by atoms with Crippen molar-refractivity contribution in [3.63, 3.8) is 0 Å². The third-order valence-electron chi connectivity index (χ3n) is 5.14. The average Bonchev–Trinajstić information content (AvgIpc) is 2.97. The van der Waals surface area contributed by atoms with Crippen molar-refractivity contribution in [1.29, 1.82) is 0 Å². The Morgan fingerprint density at radius 3 is 2.19 bits per heavy atom. The summed E-state index contributed by atoms with van der Waals surface area (Å²) in [5.41, 5.74) is 10.6. The van der Waals surface area contributed by atoms with Crippen molar-refractivity contribution in [2.24, 2.45) is 11.7 Å². The van der Waals surface area contributed by atoms with Crippen LogP contribution >= 0.6 is 12.2 Å². The third-order valence-corrected chi connectivity index (χ3v) is 5.39. The topological polar surface area (TPSA) is 64.3 Å². The predicted molar refractivity (Wildman–Crippen MR) is 108 cm³/mol. The van der Waals surface area contributed by atoms with Crippen molar-refractivity contribution < 1.29 is 9.53 Å². The molecule has 0 fully saturated rings. The number of alkyl carbamates (subject to hydrolysis) is 1. The van der Waals surface area contributed by atoms with Crippen LogP contribution in [0, 0.1) is 5.92 Å². The molecule has 0 bridgehead atoms. The summed E-state index contributed by atoms with van der Waals surface area (Å²) in [4.78, 5) is 12.6. The number of hydrogen-bond acceptors (Lipinski definition) is 3. The van der Waals surface area contributed by atoms with Crippen LogP contribution in [0.2, 0.25) is 0 Å². The second-order valence-electron chi connectivity index (χ2n) is 6.74. The van der Waals surface area contributed by atoms with E-state index in [1.807, 2.05) is 38.1 Å². The van der Waals surface area contributed by atoms with E-state index in [2.05, 4.69) is 29.6 Å². The number of benzene rings is 2. The predicted octanol–water partition coefficient (Wildman–Crippen LogP) is 4.23. The highest BCUT2D eigenvalue weighted by atomic mass is 32.1. The number of rotatable bonds is 6. The van der Waals surface area contributed by atoms with Crippen molar-refractivity contribution in [1.82, 2.24) is 5.32 Å². The molecular weight excluding hydrogens is 344 g/mol. The van der Waals surface area contributed by atoms with Gasteiger partial charge in [-0.25, -0.2) is 4.79 Å².